The van der Waals surface area contributed by atoms with Gasteiger partial charge in [0.25, 0.3) is 0 Å². The number of nitrogen functional groups attached to an aromatic ring is 1. The lowest BCUT2D eigenvalue weighted by molar-refractivity contribution is 0.774. The van der Waals surface area contributed by atoms with E-state index >= 15 is 0 Å². The number of nitrogens with zero attached hydrogens (tertiary/aromatic N) is 3. The molecule has 0 unspecified atom stereocenters. The lowest BCUT2D eigenvalue weighted by atomic mass is 10.3. The zero-order valence-corrected chi connectivity index (χ0v) is 9.20. The smallest absolute Gasteiger partial charge is 0.239 e. The maximum Gasteiger partial charge on any atom is 0.239 e. The second-order valence-electron chi connectivity index (χ2n) is 4.16. The number of anilines is 2. The van der Waals surface area contributed by atoms with Crippen molar-refractivity contribution in [2.45, 2.75) is 19.8 Å². The molecule has 0 amide bonds. The Balaban J connectivity index is 2.13. The Kier molecular flexibility index (Phi) is 2.73. The number of aromatic nitrogens is 2. The predicted molar refractivity (Wildman–Crippen MR) is 60.6 cm³/mol. The van der Waals surface area contributed by atoms with Crippen LogP contribution in [0.1, 0.15) is 18.5 Å². The summed E-state index contributed by atoms with van der Waals surface area (Å²) in [6.45, 7) is 3.01. The number of hydrogen-bond acceptors (Lipinski definition) is 5. The Morgan fingerprint density at radius 1 is 1.53 bits per heavy atom. The third-order valence-corrected chi connectivity index (χ3v) is 2.59. The quantitative estimate of drug-likeness (QED) is 0.567. The zero-order valence-electron chi connectivity index (χ0n) is 9.20. The standard InChI is InChI=1S/C10H17N5/c1-7-5-9(13-10(12-7)14-11)15(2)6-8-3-4-8/h5,8H,3-4,6,11H2,1-2H3,(H,12,13,14). The van der Waals surface area contributed by atoms with Crippen molar-refractivity contribution >= 4 is 11.8 Å². The molecule has 82 valence electrons. The van der Waals surface area contributed by atoms with Crippen molar-refractivity contribution in [2.75, 3.05) is 23.9 Å². The molecule has 15 heavy (non-hydrogen) atoms. The zero-order chi connectivity index (χ0) is 10.8. The summed E-state index contributed by atoms with van der Waals surface area (Å²) >= 11 is 0. The molecule has 5 nitrogen and oxygen atoms in total. The monoisotopic (exact) mass is 207 g/mol. The van der Waals surface area contributed by atoms with Gasteiger partial charge in [-0.05, 0) is 25.7 Å². The van der Waals surface area contributed by atoms with E-state index in [1.807, 2.05) is 13.0 Å². The van der Waals surface area contributed by atoms with Gasteiger partial charge in [-0.15, -0.1) is 0 Å². The van der Waals surface area contributed by atoms with E-state index in [9.17, 15) is 0 Å². The van der Waals surface area contributed by atoms with Crippen molar-refractivity contribution in [3.8, 4) is 0 Å². The first-order valence-electron chi connectivity index (χ1n) is 5.22. The molecule has 2 rings (SSSR count). The minimum atomic E-state index is 0.479. The van der Waals surface area contributed by atoms with Crippen molar-refractivity contribution in [1.29, 1.82) is 0 Å². The normalized spacial score (nSPS) is 15.1. The van der Waals surface area contributed by atoms with E-state index in [1.54, 1.807) is 0 Å². The Hall–Kier alpha value is -1.36. The third kappa shape index (κ3) is 2.56. The van der Waals surface area contributed by atoms with Crippen molar-refractivity contribution in [3.63, 3.8) is 0 Å². The molecule has 1 aromatic rings. The van der Waals surface area contributed by atoms with Gasteiger partial charge in [-0.25, -0.2) is 10.8 Å². The first-order chi connectivity index (χ1) is 7.19. The Bertz CT molecular complexity index is 348. The molecule has 1 heterocycles. The number of hydrazine groups is 1. The van der Waals surface area contributed by atoms with Crippen LogP contribution in [0.3, 0.4) is 0 Å². The SMILES string of the molecule is Cc1cc(N(C)CC2CC2)nc(NN)n1. The molecular weight excluding hydrogens is 190 g/mol. The van der Waals surface area contributed by atoms with E-state index in [0.29, 0.717) is 5.95 Å². The number of hydrogen-bond donors (Lipinski definition) is 2. The highest BCUT2D eigenvalue weighted by molar-refractivity contribution is 5.43. The van der Waals surface area contributed by atoms with E-state index in [4.69, 9.17) is 5.84 Å². The summed E-state index contributed by atoms with van der Waals surface area (Å²) < 4.78 is 0. The van der Waals surface area contributed by atoms with Crippen molar-refractivity contribution in [1.82, 2.24) is 9.97 Å². The van der Waals surface area contributed by atoms with Crippen LogP contribution in [0.25, 0.3) is 0 Å². The topological polar surface area (TPSA) is 67.1 Å². The van der Waals surface area contributed by atoms with Crippen LogP contribution in [-0.2, 0) is 0 Å². The predicted octanol–water partition coefficient (Wildman–Crippen LogP) is 0.917. The van der Waals surface area contributed by atoms with Crippen LogP contribution in [0.2, 0.25) is 0 Å². The molecule has 0 aromatic carbocycles. The van der Waals surface area contributed by atoms with Gasteiger partial charge in [-0.3, -0.25) is 5.43 Å². The minimum Gasteiger partial charge on any atom is -0.359 e. The van der Waals surface area contributed by atoms with Crippen LogP contribution in [0, 0.1) is 12.8 Å². The number of nitrogens with two attached hydrogens (primary N) is 1. The van der Waals surface area contributed by atoms with Crippen molar-refractivity contribution in [2.24, 2.45) is 11.8 Å². The third-order valence-electron chi connectivity index (χ3n) is 2.59. The summed E-state index contributed by atoms with van der Waals surface area (Å²) in [5.41, 5.74) is 3.41. The van der Waals surface area contributed by atoms with Crippen molar-refractivity contribution in [3.05, 3.63) is 11.8 Å². The van der Waals surface area contributed by atoms with E-state index in [1.165, 1.54) is 12.8 Å². The summed E-state index contributed by atoms with van der Waals surface area (Å²) in [4.78, 5) is 10.6. The first kappa shape index (κ1) is 10.2. The Morgan fingerprint density at radius 3 is 2.87 bits per heavy atom. The van der Waals surface area contributed by atoms with Crippen LogP contribution in [-0.4, -0.2) is 23.6 Å². The Morgan fingerprint density at radius 2 is 2.27 bits per heavy atom. The maximum absolute atomic E-state index is 5.31. The molecule has 1 aliphatic rings. The van der Waals surface area contributed by atoms with Crippen LogP contribution in [0.15, 0.2) is 6.07 Å². The van der Waals surface area contributed by atoms with Gasteiger partial charge in [-0.1, -0.05) is 0 Å². The summed E-state index contributed by atoms with van der Waals surface area (Å²) in [5.74, 6) is 7.57. The average molecular weight is 207 g/mol. The maximum atomic E-state index is 5.31. The van der Waals surface area contributed by atoms with Crippen LogP contribution >= 0.6 is 0 Å². The molecule has 1 fully saturated rings. The highest BCUT2D eigenvalue weighted by atomic mass is 15.3. The summed E-state index contributed by atoms with van der Waals surface area (Å²) in [7, 11) is 2.06. The summed E-state index contributed by atoms with van der Waals surface area (Å²) in [6.07, 6.45) is 2.69. The second-order valence-corrected chi connectivity index (χ2v) is 4.16. The van der Waals surface area contributed by atoms with E-state index < -0.39 is 0 Å². The minimum absolute atomic E-state index is 0.479. The van der Waals surface area contributed by atoms with Gasteiger partial charge in [0.2, 0.25) is 5.95 Å². The molecule has 0 aliphatic heterocycles. The van der Waals surface area contributed by atoms with Crippen LogP contribution < -0.4 is 16.2 Å². The summed E-state index contributed by atoms with van der Waals surface area (Å²) in [6, 6.07) is 1.98. The molecule has 0 saturated heterocycles. The molecule has 1 saturated carbocycles. The molecule has 3 N–H and O–H groups in total. The average Bonchev–Trinajstić information content (AvgIpc) is 3.00. The fraction of sp³-hybridized carbons (Fsp3) is 0.600. The molecule has 0 atom stereocenters. The van der Waals surface area contributed by atoms with Crippen LogP contribution in [0.4, 0.5) is 11.8 Å². The van der Waals surface area contributed by atoms with E-state index in [-0.39, 0.29) is 0 Å². The fourth-order valence-electron chi connectivity index (χ4n) is 1.59. The number of rotatable bonds is 4. The highest BCUT2D eigenvalue weighted by Gasteiger charge is 2.23. The lowest BCUT2D eigenvalue weighted by Gasteiger charge is -2.18. The summed E-state index contributed by atoms with van der Waals surface area (Å²) in [5, 5.41) is 0. The van der Waals surface area contributed by atoms with Gasteiger partial charge >= 0.3 is 0 Å². The molecule has 0 bridgehead atoms. The molecular formula is C10H17N5. The van der Waals surface area contributed by atoms with Gasteiger partial charge in [-0.2, -0.15) is 4.98 Å². The number of nitrogens with one attached hydrogen (secondary N) is 1. The van der Waals surface area contributed by atoms with Gasteiger partial charge in [0.15, 0.2) is 0 Å². The van der Waals surface area contributed by atoms with Gasteiger partial charge < -0.3 is 4.90 Å². The van der Waals surface area contributed by atoms with Gasteiger partial charge in [0.05, 0.1) is 0 Å². The molecule has 1 aromatic heterocycles. The molecule has 0 radical (unpaired) electrons. The lowest BCUT2D eigenvalue weighted by Crippen LogP contribution is -2.22. The fourth-order valence-corrected chi connectivity index (χ4v) is 1.59. The second kappa shape index (κ2) is 4.02. The largest absolute Gasteiger partial charge is 0.359 e. The highest BCUT2D eigenvalue weighted by Crippen LogP contribution is 2.30. The van der Waals surface area contributed by atoms with E-state index in [2.05, 4.69) is 27.3 Å². The van der Waals surface area contributed by atoms with Crippen molar-refractivity contribution < 1.29 is 0 Å². The first-order valence-corrected chi connectivity index (χ1v) is 5.22. The van der Waals surface area contributed by atoms with Gasteiger partial charge in [0.1, 0.15) is 5.82 Å². The molecule has 0 spiro atoms. The number of aryl methyl sites for hydroxylation is 1. The van der Waals surface area contributed by atoms with Crippen LogP contribution in [0.5, 0.6) is 0 Å². The van der Waals surface area contributed by atoms with E-state index in [0.717, 1.165) is 24.0 Å². The Labute approximate surface area is 89.7 Å². The van der Waals surface area contributed by atoms with Gasteiger partial charge in [0, 0.05) is 25.4 Å². The molecule has 5 heteroatoms. The molecule has 1 aliphatic carbocycles.